The minimum atomic E-state index is 0.351. The summed E-state index contributed by atoms with van der Waals surface area (Å²) >= 11 is 0. The van der Waals surface area contributed by atoms with E-state index in [2.05, 4.69) is 35.4 Å². The van der Waals surface area contributed by atoms with E-state index in [4.69, 9.17) is 5.73 Å². The lowest BCUT2D eigenvalue weighted by molar-refractivity contribution is 0.616. The Morgan fingerprint density at radius 3 is 2.87 bits per heavy atom. The number of H-pyrrole nitrogens is 1. The van der Waals surface area contributed by atoms with Crippen LogP contribution in [0, 0.1) is 0 Å². The van der Waals surface area contributed by atoms with Crippen LogP contribution in [-0.4, -0.2) is 11.0 Å². The molecular weight excluding hydrogens is 184 g/mol. The minimum Gasteiger partial charge on any atom is -0.361 e. The largest absolute Gasteiger partial charge is 0.361 e. The molecule has 1 aliphatic carbocycles. The number of fused-ring (bicyclic) bond motifs is 1. The summed E-state index contributed by atoms with van der Waals surface area (Å²) in [5.41, 5.74) is 8.79. The second kappa shape index (κ2) is 3.38. The highest BCUT2D eigenvalue weighted by molar-refractivity contribution is 5.83. The van der Waals surface area contributed by atoms with Gasteiger partial charge in [-0.3, -0.25) is 0 Å². The van der Waals surface area contributed by atoms with Gasteiger partial charge in [0, 0.05) is 29.1 Å². The number of nitrogens with one attached hydrogen (secondary N) is 1. The lowest BCUT2D eigenvalue weighted by atomic mass is 9.94. The Hall–Kier alpha value is -1.28. The number of benzene rings is 1. The van der Waals surface area contributed by atoms with E-state index >= 15 is 0 Å². The first-order valence-corrected chi connectivity index (χ1v) is 5.68. The quantitative estimate of drug-likeness (QED) is 0.730. The van der Waals surface area contributed by atoms with Crippen molar-refractivity contribution in [2.24, 2.45) is 5.73 Å². The van der Waals surface area contributed by atoms with Gasteiger partial charge in [0.15, 0.2) is 0 Å². The van der Waals surface area contributed by atoms with Crippen molar-refractivity contribution in [3.05, 3.63) is 36.0 Å². The lowest BCUT2D eigenvalue weighted by Crippen LogP contribution is -2.22. The van der Waals surface area contributed by atoms with Gasteiger partial charge in [-0.05, 0) is 24.5 Å². The second-order valence-corrected chi connectivity index (χ2v) is 4.49. The van der Waals surface area contributed by atoms with Crippen molar-refractivity contribution < 1.29 is 0 Å². The van der Waals surface area contributed by atoms with Crippen LogP contribution < -0.4 is 5.73 Å². The molecule has 0 amide bonds. The maximum atomic E-state index is 6.15. The van der Waals surface area contributed by atoms with Crippen molar-refractivity contribution in [1.82, 2.24) is 4.98 Å². The van der Waals surface area contributed by atoms with Crippen LogP contribution in [0.2, 0.25) is 0 Å². The molecule has 2 nitrogen and oxygen atoms in total. The molecule has 0 saturated heterocycles. The third-order valence-electron chi connectivity index (χ3n) is 3.59. The highest BCUT2D eigenvalue weighted by Gasteiger charge is 2.27. The average molecular weight is 200 g/mol. The molecule has 2 aromatic rings. The molecule has 1 saturated carbocycles. The Labute approximate surface area is 89.5 Å². The molecule has 0 radical (unpaired) electrons. The van der Waals surface area contributed by atoms with Gasteiger partial charge in [-0.15, -0.1) is 0 Å². The fourth-order valence-electron chi connectivity index (χ4n) is 2.78. The van der Waals surface area contributed by atoms with Crippen LogP contribution in [0.4, 0.5) is 0 Å². The van der Waals surface area contributed by atoms with E-state index in [1.165, 1.54) is 35.7 Å². The van der Waals surface area contributed by atoms with E-state index in [0.717, 1.165) is 0 Å². The van der Waals surface area contributed by atoms with Gasteiger partial charge in [0.1, 0.15) is 0 Å². The highest BCUT2D eigenvalue weighted by Crippen LogP contribution is 2.36. The van der Waals surface area contributed by atoms with Crippen LogP contribution in [0.5, 0.6) is 0 Å². The minimum absolute atomic E-state index is 0.351. The first-order valence-electron chi connectivity index (χ1n) is 5.68. The fraction of sp³-hybridized carbons (Fsp3) is 0.385. The summed E-state index contributed by atoms with van der Waals surface area (Å²) in [5.74, 6) is 0.557. The van der Waals surface area contributed by atoms with Crippen LogP contribution in [0.25, 0.3) is 10.9 Å². The third kappa shape index (κ3) is 1.37. The van der Waals surface area contributed by atoms with Gasteiger partial charge in [-0.1, -0.05) is 24.6 Å². The van der Waals surface area contributed by atoms with E-state index in [0.29, 0.717) is 12.0 Å². The Kier molecular flexibility index (Phi) is 2.03. The molecule has 2 heteroatoms. The number of nitrogens with two attached hydrogens (primary N) is 1. The Bertz CT molecular complexity index is 472. The number of para-hydroxylation sites is 1. The van der Waals surface area contributed by atoms with E-state index < -0.39 is 0 Å². The highest BCUT2D eigenvalue weighted by atomic mass is 14.7. The van der Waals surface area contributed by atoms with Crippen LogP contribution in [0.3, 0.4) is 0 Å². The van der Waals surface area contributed by atoms with Gasteiger partial charge in [-0.2, -0.15) is 0 Å². The smallest absolute Gasteiger partial charge is 0.0456 e. The Morgan fingerprint density at radius 1 is 1.20 bits per heavy atom. The summed E-state index contributed by atoms with van der Waals surface area (Å²) in [6.07, 6.45) is 5.82. The van der Waals surface area contributed by atoms with Crippen LogP contribution in [0.1, 0.15) is 30.7 Å². The van der Waals surface area contributed by atoms with Crippen molar-refractivity contribution in [3.8, 4) is 0 Å². The summed E-state index contributed by atoms with van der Waals surface area (Å²) in [6, 6.07) is 8.83. The molecule has 15 heavy (non-hydrogen) atoms. The summed E-state index contributed by atoms with van der Waals surface area (Å²) in [4.78, 5) is 3.33. The summed E-state index contributed by atoms with van der Waals surface area (Å²) in [7, 11) is 0. The van der Waals surface area contributed by atoms with E-state index in [1.54, 1.807) is 0 Å². The molecule has 1 aromatic carbocycles. The predicted octanol–water partition coefficient (Wildman–Crippen LogP) is 2.76. The van der Waals surface area contributed by atoms with E-state index in [-0.39, 0.29) is 0 Å². The molecule has 1 heterocycles. The number of hydrogen-bond donors (Lipinski definition) is 2. The average Bonchev–Trinajstić information content (AvgIpc) is 2.83. The van der Waals surface area contributed by atoms with Crippen molar-refractivity contribution in [3.63, 3.8) is 0 Å². The zero-order valence-electron chi connectivity index (χ0n) is 8.74. The summed E-state index contributed by atoms with van der Waals surface area (Å²) in [6.45, 7) is 0. The lowest BCUT2D eigenvalue weighted by Gasteiger charge is -2.14. The van der Waals surface area contributed by atoms with E-state index in [9.17, 15) is 0 Å². The van der Waals surface area contributed by atoms with Crippen molar-refractivity contribution in [2.75, 3.05) is 0 Å². The number of hydrogen-bond acceptors (Lipinski definition) is 1. The van der Waals surface area contributed by atoms with Crippen molar-refractivity contribution >= 4 is 10.9 Å². The standard InChI is InChI=1S/C13H16N2/c14-12-6-3-5-9(12)11-8-15-13-7-2-1-4-10(11)13/h1-2,4,7-9,12,15H,3,5-6,14H2. The topological polar surface area (TPSA) is 41.8 Å². The van der Waals surface area contributed by atoms with Crippen LogP contribution >= 0.6 is 0 Å². The molecule has 0 bridgehead atoms. The summed E-state index contributed by atoms with van der Waals surface area (Å²) < 4.78 is 0. The van der Waals surface area contributed by atoms with Gasteiger partial charge in [0.25, 0.3) is 0 Å². The van der Waals surface area contributed by atoms with Gasteiger partial charge >= 0.3 is 0 Å². The van der Waals surface area contributed by atoms with Gasteiger partial charge in [-0.25, -0.2) is 0 Å². The van der Waals surface area contributed by atoms with Crippen LogP contribution in [0.15, 0.2) is 30.5 Å². The molecular formula is C13H16N2. The first-order chi connectivity index (χ1) is 7.36. The zero-order valence-corrected chi connectivity index (χ0v) is 8.74. The Morgan fingerprint density at radius 2 is 2.07 bits per heavy atom. The first kappa shape index (κ1) is 8.98. The van der Waals surface area contributed by atoms with Gasteiger partial charge < -0.3 is 10.7 Å². The zero-order chi connectivity index (χ0) is 10.3. The fourth-order valence-corrected chi connectivity index (χ4v) is 2.78. The SMILES string of the molecule is NC1CCCC1c1c[nH]c2ccccc12. The Balaban J connectivity index is 2.10. The molecule has 1 aliphatic rings. The maximum Gasteiger partial charge on any atom is 0.0456 e. The molecule has 0 spiro atoms. The van der Waals surface area contributed by atoms with Crippen molar-refractivity contribution in [1.29, 1.82) is 0 Å². The molecule has 3 N–H and O–H groups in total. The molecule has 78 valence electrons. The maximum absolute atomic E-state index is 6.15. The monoisotopic (exact) mass is 200 g/mol. The molecule has 1 aromatic heterocycles. The number of aromatic nitrogens is 1. The summed E-state index contributed by atoms with van der Waals surface area (Å²) in [5, 5.41) is 1.35. The third-order valence-corrected chi connectivity index (χ3v) is 3.59. The van der Waals surface area contributed by atoms with Crippen molar-refractivity contribution in [2.45, 2.75) is 31.2 Å². The number of rotatable bonds is 1. The molecule has 3 rings (SSSR count). The van der Waals surface area contributed by atoms with Gasteiger partial charge in [0.2, 0.25) is 0 Å². The van der Waals surface area contributed by atoms with E-state index in [1.807, 2.05) is 0 Å². The molecule has 0 aliphatic heterocycles. The second-order valence-electron chi connectivity index (χ2n) is 4.49. The molecule has 1 fully saturated rings. The predicted molar refractivity (Wildman–Crippen MR) is 62.9 cm³/mol. The molecule has 2 atom stereocenters. The normalized spacial score (nSPS) is 26.2. The number of aromatic amines is 1. The molecule has 2 unspecified atom stereocenters. The van der Waals surface area contributed by atoms with Crippen LogP contribution in [-0.2, 0) is 0 Å². The van der Waals surface area contributed by atoms with Gasteiger partial charge in [0.05, 0.1) is 0 Å².